The second-order valence-corrected chi connectivity index (χ2v) is 8.71. The first-order valence-corrected chi connectivity index (χ1v) is 10.4. The van der Waals surface area contributed by atoms with Crippen molar-refractivity contribution in [2.45, 2.75) is 25.6 Å². The van der Waals surface area contributed by atoms with E-state index in [1.807, 2.05) is 0 Å². The Balaban J connectivity index is 1.72. The van der Waals surface area contributed by atoms with Gasteiger partial charge < -0.3 is 19.4 Å². The van der Waals surface area contributed by atoms with E-state index in [1.165, 1.54) is 18.4 Å². The fourth-order valence-electron chi connectivity index (χ4n) is 2.87. The smallest absolute Gasteiger partial charge is 0.387 e. The molecule has 0 radical (unpaired) electrons. The molecule has 0 amide bonds. The highest BCUT2D eigenvalue weighted by Gasteiger charge is 2.34. The van der Waals surface area contributed by atoms with Gasteiger partial charge in [0.15, 0.2) is 14.9 Å². The summed E-state index contributed by atoms with van der Waals surface area (Å²) in [7, 11) is -3.09. The topological polar surface area (TPSA) is 71.8 Å². The summed E-state index contributed by atoms with van der Waals surface area (Å²) in [4.78, 5) is 1.78. The number of benzene rings is 1. The number of thiocarbonyl (C=S) groups is 1. The van der Waals surface area contributed by atoms with Gasteiger partial charge in [-0.05, 0) is 55.0 Å². The van der Waals surface area contributed by atoms with Crippen molar-refractivity contribution in [3.8, 4) is 5.75 Å². The average Bonchev–Trinajstić information content (AvgIpc) is 3.23. The van der Waals surface area contributed by atoms with E-state index in [2.05, 4.69) is 10.1 Å². The Hall–Kier alpha value is -2.20. The molecule has 6 nitrogen and oxygen atoms in total. The number of hydrogen-bond acceptors (Lipinski definition) is 5. The van der Waals surface area contributed by atoms with E-state index < -0.39 is 16.4 Å². The molecule has 0 saturated carbocycles. The van der Waals surface area contributed by atoms with E-state index in [0.29, 0.717) is 29.5 Å². The van der Waals surface area contributed by atoms with Crippen LogP contribution in [0.15, 0.2) is 47.1 Å². The van der Waals surface area contributed by atoms with Crippen LogP contribution in [-0.4, -0.2) is 42.6 Å². The molecule has 0 aliphatic carbocycles. The third-order valence-corrected chi connectivity index (χ3v) is 6.23. The molecular weight excluding hydrogens is 398 g/mol. The zero-order valence-electron chi connectivity index (χ0n) is 14.2. The number of rotatable bonds is 6. The number of furan rings is 1. The molecule has 1 atom stereocenters. The van der Waals surface area contributed by atoms with Gasteiger partial charge in [0.2, 0.25) is 0 Å². The summed E-state index contributed by atoms with van der Waals surface area (Å²) in [5.74, 6) is 0.839. The van der Waals surface area contributed by atoms with Gasteiger partial charge >= 0.3 is 6.61 Å². The summed E-state index contributed by atoms with van der Waals surface area (Å²) in [5, 5.41) is 3.35. The zero-order valence-corrected chi connectivity index (χ0v) is 15.8. The van der Waals surface area contributed by atoms with Gasteiger partial charge in [-0.3, -0.25) is 0 Å². The fourth-order valence-corrected chi connectivity index (χ4v) is 4.94. The fraction of sp³-hybridized carbons (Fsp3) is 0.353. The van der Waals surface area contributed by atoms with Crippen molar-refractivity contribution >= 4 is 32.9 Å². The average molecular weight is 416 g/mol. The van der Waals surface area contributed by atoms with Crippen molar-refractivity contribution in [3.63, 3.8) is 0 Å². The molecule has 0 bridgehead atoms. The van der Waals surface area contributed by atoms with E-state index >= 15 is 0 Å². The lowest BCUT2D eigenvalue weighted by Crippen LogP contribution is -2.42. The van der Waals surface area contributed by atoms with Crippen LogP contribution >= 0.6 is 12.2 Å². The minimum absolute atomic E-state index is 0.0245. The lowest BCUT2D eigenvalue weighted by Gasteiger charge is -2.30. The molecular formula is C17H18F2N2O4S2. The van der Waals surface area contributed by atoms with Crippen molar-refractivity contribution < 1.29 is 26.4 Å². The van der Waals surface area contributed by atoms with Crippen LogP contribution in [0.4, 0.5) is 14.5 Å². The Labute approximate surface area is 161 Å². The molecule has 1 aliphatic heterocycles. The molecule has 2 aromatic rings. The monoisotopic (exact) mass is 416 g/mol. The standard InChI is InChI=1S/C17H18F2N2O4S2/c18-16(19)25-14-5-3-12(4-6-14)20-17(26)21(10-15-2-1-8-24-15)13-7-9-27(22,23)11-13/h1-6,8,13,16H,7,9-11H2,(H,20,26)/t13-/m1/s1. The minimum Gasteiger partial charge on any atom is -0.467 e. The van der Waals surface area contributed by atoms with Gasteiger partial charge in [-0.1, -0.05) is 0 Å². The normalized spacial score (nSPS) is 18.4. The van der Waals surface area contributed by atoms with Crippen LogP contribution in [0.5, 0.6) is 5.75 Å². The maximum Gasteiger partial charge on any atom is 0.387 e. The van der Waals surface area contributed by atoms with Crippen molar-refractivity contribution in [1.82, 2.24) is 4.90 Å². The van der Waals surface area contributed by atoms with Gasteiger partial charge in [0.1, 0.15) is 11.5 Å². The number of halogens is 2. The first kappa shape index (κ1) is 19.6. The van der Waals surface area contributed by atoms with E-state index in [1.54, 1.807) is 29.2 Å². The number of nitrogens with zero attached hydrogens (tertiary/aromatic N) is 1. The van der Waals surface area contributed by atoms with E-state index in [-0.39, 0.29) is 23.3 Å². The molecule has 10 heteroatoms. The SMILES string of the molecule is O=S1(=O)CC[C@@H](N(Cc2ccco2)C(=S)Nc2ccc(OC(F)F)cc2)C1. The Bertz CT molecular complexity index is 871. The lowest BCUT2D eigenvalue weighted by molar-refractivity contribution is -0.0498. The first-order valence-electron chi connectivity index (χ1n) is 8.18. The molecule has 146 valence electrons. The molecule has 3 rings (SSSR count). The Morgan fingerprint density at radius 2 is 2.07 bits per heavy atom. The minimum atomic E-state index is -3.09. The highest BCUT2D eigenvalue weighted by atomic mass is 32.2. The number of sulfone groups is 1. The number of anilines is 1. The summed E-state index contributed by atoms with van der Waals surface area (Å²) in [5.41, 5.74) is 0.576. The molecule has 2 heterocycles. The van der Waals surface area contributed by atoms with Gasteiger partial charge in [0, 0.05) is 11.7 Å². The maximum atomic E-state index is 12.2. The third kappa shape index (κ3) is 5.39. The molecule has 1 aromatic heterocycles. The second kappa shape index (κ2) is 8.22. The molecule has 1 N–H and O–H groups in total. The molecule has 1 fully saturated rings. The Morgan fingerprint density at radius 1 is 1.33 bits per heavy atom. The van der Waals surface area contributed by atoms with Crippen LogP contribution in [0, 0.1) is 0 Å². The van der Waals surface area contributed by atoms with E-state index in [4.69, 9.17) is 16.6 Å². The summed E-state index contributed by atoms with van der Waals surface area (Å²) in [6.45, 7) is -2.57. The predicted octanol–water partition coefficient (Wildman–Crippen LogP) is 3.27. The summed E-state index contributed by atoms with van der Waals surface area (Å²) in [6, 6.07) is 9.18. The Morgan fingerprint density at radius 3 is 2.63 bits per heavy atom. The highest BCUT2D eigenvalue weighted by Crippen LogP contribution is 2.23. The second-order valence-electron chi connectivity index (χ2n) is 6.10. The Kier molecular flexibility index (Phi) is 5.95. The van der Waals surface area contributed by atoms with Crippen molar-refractivity contribution in [2.24, 2.45) is 0 Å². The van der Waals surface area contributed by atoms with Gasteiger partial charge in [-0.2, -0.15) is 8.78 Å². The zero-order chi connectivity index (χ0) is 19.4. The van der Waals surface area contributed by atoms with Crippen LogP contribution < -0.4 is 10.1 Å². The summed E-state index contributed by atoms with van der Waals surface area (Å²) >= 11 is 5.47. The largest absolute Gasteiger partial charge is 0.467 e. The van der Waals surface area contributed by atoms with Gasteiger partial charge in [-0.15, -0.1) is 0 Å². The molecule has 0 spiro atoms. The molecule has 1 saturated heterocycles. The summed E-state index contributed by atoms with van der Waals surface area (Å²) < 4.78 is 57.9. The van der Waals surface area contributed by atoms with Crippen LogP contribution in [0.3, 0.4) is 0 Å². The molecule has 0 unspecified atom stereocenters. The van der Waals surface area contributed by atoms with Crippen LogP contribution in [0.2, 0.25) is 0 Å². The van der Waals surface area contributed by atoms with Crippen LogP contribution in [-0.2, 0) is 16.4 Å². The van der Waals surface area contributed by atoms with Gasteiger partial charge in [-0.25, -0.2) is 8.42 Å². The van der Waals surface area contributed by atoms with E-state index in [9.17, 15) is 17.2 Å². The van der Waals surface area contributed by atoms with Gasteiger partial charge in [0.25, 0.3) is 0 Å². The van der Waals surface area contributed by atoms with Crippen molar-refractivity contribution in [1.29, 1.82) is 0 Å². The number of alkyl halides is 2. The third-order valence-electron chi connectivity index (χ3n) is 4.15. The summed E-state index contributed by atoms with van der Waals surface area (Å²) in [6.07, 6.45) is 2.02. The first-order chi connectivity index (χ1) is 12.8. The quantitative estimate of drug-likeness (QED) is 0.725. The number of ether oxygens (including phenoxy) is 1. The van der Waals surface area contributed by atoms with Crippen molar-refractivity contribution in [2.75, 3.05) is 16.8 Å². The predicted molar refractivity (Wildman–Crippen MR) is 101 cm³/mol. The van der Waals surface area contributed by atoms with Crippen LogP contribution in [0.25, 0.3) is 0 Å². The maximum absolute atomic E-state index is 12.2. The molecule has 1 aliphatic rings. The lowest BCUT2D eigenvalue weighted by atomic mass is 10.2. The van der Waals surface area contributed by atoms with E-state index in [0.717, 1.165) is 0 Å². The molecule has 1 aromatic carbocycles. The van der Waals surface area contributed by atoms with Crippen LogP contribution in [0.1, 0.15) is 12.2 Å². The molecule has 27 heavy (non-hydrogen) atoms. The van der Waals surface area contributed by atoms with Crippen molar-refractivity contribution in [3.05, 3.63) is 48.4 Å². The number of nitrogens with one attached hydrogen (secondary N) is 1. The highest BCUT2D eigenvalue weighted by molar-refractivity contribution is 7.91. The van der Waals surface area contributed by atoms with Gasteiger partial charge in [0.05, 0.1) is 24.3 Å². The number of hydrogen-bond donors (Lipinski definition) is 1.